The van der Waals surface area contributed by atoms with Crippen LogP contribution in [0.2, 0.25) is 0 Å². The Balaban J connectivity index is 1.86. The lowest BCUT2D eigenvalue weighted by Gasteiger charge is -2.23. The van der Waals surface area contributed by atoms with E-state index < -0.39 is 0 Å². The first-order chi connectivity index (χ1) is 6.43. The first-order valence-corrected chi connectivity index (χ1v) is 5.52. The van der Waals surface area contributed by atoms with Gasteiger partial charge < -0.3 is 16.0 Å². The summed E-state index contributed by atoms with van der Waals surface area (Å²) >= 11 is 0. The van der Waals surface area contributed by atoms with Gasteiger partial charge in [0.1, 0.15) is 0 Å². The number of unbranched alkanes of at least 4 members (excludes halogenated alkanes) is 1. The molecule has 1 aliphatic rings. The molecule has 3 N–H and O–H groups in total. The van der Waals surface area contributed by atoms with Crippen LogP contribution in [0.15, 0.2) is 0 Å². The Labute approximate surface area is 81.7 Å². The summed E-state index contributed by atoms with van der Waals surface area (Å²) in [6.45, 7) is 4.71. The zero-order chi connectivity index (χ0) is 9.36. The van der Waals surface area contributed by atoms with Crippen molar-refractivity contribution in [2.75, 3.05) is 33.2 Å². The van der Waals surface area contributed by atoms with Crippen molar-refractivity contribution in [1.82, 2.24) is 16.0 Å². The third kappa shape index (κ3) is 5.24. The van der Waals surface area contributed by atoms with E-state index in [4.69, 9.17) is 0 Å². The van der Waals surface area contributed by atoms with Crippen molar-refractivity contribution in [3.63, 3.8) is 0 Å². The summed E-state index contributed by atoms with van der Waals surface area (Å²) in [5, 5.41) is 10.2. The topological polar surface area (TPSA) is 36.1 Å². The van der Waals surface area contributed by atoms with Crippen molar-refractivity contribution < 1.29 is 0 Å². The standard InChI is InChI=1S/C10H23N3/c1-11-6-2-3-7-13-10-4-8-12-9-5-10/h10-13H,2-9H2,1H3. The quantitative estimate of drug-likeness (QED) is 0.522. The van der Waals surface area contributed by atoms with Crippen LogP contribution in [0.25, 0.3) is 0 Å². The summed E-state index contributed by atoms with van der Waals surface area (Å²) < 4.78 is 0. The monoisotopic (exact) mass is 185 g/mol. The van der Waals surface area contributed by atoms with Crippen LogP contribution in [0.5, 0.6) is 0 Å². The average molecular weight is 185 g/mol. The molecule has 1 fully saturated rings. The van der Waals surface area contributed by atoms with Crippen molar-refractivity contribution in [2.45, 2.75) is 31.7 Å². The molecule has 0 aromatic heterocycles. The highest BCUT2D eigenvalue weighted by atomic mass is 15.0. The first-order valence-electron chi connectivity index (χ1n) is 5.52. The van der Waals surface area contributed by atoms with Crippen LogP contribution in [0.3, 0.4) is 0 Å². The highest BCUT2D eigenvalue weighted by Crippen LogP contribution is 2.01. The second-order valence-corrected chi connectivity index (χ2v) is 3.79. The molecule has 0 bridgehead atoms. The Kier molecular flexibility index (Phi) is 6.15. The fourth-order valence-electron chi connectivity index (χ4n) is 1.76. The van der Waals surface area contributed by atoms with E-state index in [0.29, 0.717) is 0 Å². The van der Waals surface area contributed by atoms with Gasteiger partial charge in [0.2, 0.25) is 0 Å². The first kappa shape index (κ1) is 11.0. The highest BCUT2D eigenvalue weighted by molar-refractivity contribution is 4.73. The van der Waals surface area contributed by atoms with Gasteiger partial charge in [-0.1, -0.05) is 0 Å². The van der Waals surface area contributed by atoms with Crippen molar-refractivity contribution in [2.24, 2.45) is 0 Å². The van der Waals surface area contributed by atoms with Crippen LogP contribution in [-0.2, 0) is 0 Å². The SMILES string of the molecule is CNCCCCNC1CCNCC1. The highest BCUT2D eigenvalue weighted by Gasteiger charge is 2.10. The molecular weight excluding hydrogens is 162 g/mol. The predicted octanol–water partition coefficient (Wildman–Crippen LogP) is 0.328. The van der Waals surface area contributed by atoms with Crippen molar-refractivity contribution in [3.05, 3.63) is 0 Å². The average Bonchev–Trinajstić information content (AvgIpc) is 2.19. The lowest BCUT2D eigenvalue weighted by Crippen LogP contribution is -2.40. The molecule has 0 saturated carbocycles. The van der Waals surface area contributed by atoms with Crippen LogP contribution in [0.1, 0.15) is 25.7 Å². The van der Waals surface area contributed by atoms with Gasteiger partial charge in [0.25, 0.3) is 0 Å². The molecule has 0 aliphatic carbocycles. The molecule has 0 spiro atoms. The van der Waals surface area contributed by atoms with Crippen molar-refractivity contribution in [1.29, 1.82) is 0 Å². The maximum absolute atomic E-state index is 3.61. The van der Waals surface area contributed by atoms with Gasteiger partial charge in [0.15, 0.2) is 0 Å². The van der Waals surface area contributed by atoms with Gasteiger partial charge in [0, 0.05) is 6.04 Å². The summed E-state index contributed by atoms with van der Waals surface area (Å²) in [7, 11) is 2.01. The van der Waals surface area contributed by atoms with Gasteiger partial charge in [-0.05, 0) is 58.9 Å². The molecule has 13 heavy (non-hydrogen) atoms. The van der Waals surface area contributed by atoms with Crippen LogP contribution >= 0.6 is 0 Å². The normalized spacial score (nSPS) is 19.2. The fourth-order valence-corrected chi connectivity index (χ4v) is 1.76. The molecule has 0 radical (unpaired) electrons. The largest absolute Gasteiger partial charge is 0.320 e. The van der Waals surface area contributed by atoms with E-state index in [-0.39, 0.29) is 0 Å². The van der Waals surface area contributed by atoms with Crippen molar-refractivity contribution in [3.8, 4) is 0 Å². The van der Waals surface area contributed by atoms with E-state index in [1.54, 1.807) is 0 Å². The molecule has 1 heterocycles. The van der Waals surface area contributed by atoms with Crippen LogP contribution in [0.4, 0.5) is 0 Å². The van der Waals surface area contributed by atoms with E-state index in [1.165, 1.54) is 45.3 Å². The Morgan fingerprint density at radius 1 is 1.15 bits per heavy atom. The molecule has 3 nitrogen and oxygen atoms in total. The van der Waals surface area contributed by atoms with E-state index in [9.17, 15) is 0 Å². The lowest BCUT2D eigenvalue weighted by atomic mass is 10.1. The van der Waals surface area contributed by atoms with Crippen LogP contribution < -0.4 is 16.0 Å². The second kappa shape index (κ2) is 7.30. The summed E-state index contributed by atoms with van der Waals surface area (Å²) in [4.78, 5) is 0. The second-order valence-electron chi connectivity index (χ2n) is 3.79. The van der Waals surface area contributed by atoms with Gasteiger partial charge in [-0.3, -0.25) is 0 Å². The maximum atomic E-state index is 3.61. The Morgan fingerprint density at radius 3 is 2.54 bits per heavy atom. The number of hydrogen-bond acceptors (Lipinski definition) is 3. The molecule has 78 valence electrons. The summed E-state index contributed by atoms with van der Waals surface area (Å²) in [5.74, 6) is 0. The molecule has 0 aromatic carbocycles. The molecule has 1 saturated heterocycles. The zero-order valence-corrected chi connectivity index (χ0v) is 8.73. The molecule has 3 heteroatoms. The van der Waals surface area contributed by atoms with Gasteiger partial charge >= 0.3 is 0 Å². The Bertz CT molecular complexity index is 111. The van der Waals surface area contributed by atoms with Gasteiger partial charge in [-0.25, -0.2) is 0 Å². The Hall–Kier alpha value is -0.120. The van der Waals surface area contributed by atoms with E-state index >= 15 is 0 Å². The molecule has 1 aliphatic heterocycles. The number of piperidine rings is 1. The van der Waals surface area contributed by atoms with Gasteiger partial charge in [-0.15, -0.1) is 0 Å². The van der Waals surface area contributed by atoms with Gasteiger partial charge in [0.05, 0.1) is 0 Å². The number of hydrogen-bond donors (Lipinski definition) is 3. The van der Waals surface area contributed by atoms with Crippen LogP contribution in [-0.4, -0.2) is 39.3 Å². The minimum Gasteiger partial charge on any atom is -0.320 e. The molecule has 0 unspecified atom stereocenters. The Morgan fingerprint density at radius 2 is 1.85 bits per heavy atom. The summed E-state index contributed by atoms with van der Waals surface area (Å²) in [6, 6.07) is 0.774. The maximum Gasteiger partial charge on any atom is 0.00912 e. The molecule has 1 rings (SSSR count). The predicted molar refractivity (Wildman–Crippen MR) is 57.1 cm³/mol. The number of rotatable bonds is 6. The zero-order valence-electron chi connectivity index (χ0n) is 8.73. The van der Waals surface area contributed by atoms with Gasteiger partial charge in [-0.2, -0.15) is 0 Å². The van der Waals surface area contributed by atoms with E-state index in [2.05, 4.69) is 16.0 Å². The fraction of sp³-hybridized carbons (Fsp3) is 1.00. The molecule has 0 atom stereocenters. The molecule has 0 amide bonds. The number of nitrogens with one attached hydrogen (secondary N) is 3. The molecule has 0 aromatic rings. The van der Waals surface area contributed by atoms with Crippen molar-refractivity contribution >= 4 is 0 Å². The van der Waals surface area contributed by atoms with Crippen LogP contribution in [0, 0.1) is 0 Å². The smallest absolute Gasteiger partial charge is 0.00912 e. The minimum atomic E-state index is 0.774. The third-order valence-electron chi connectivity index (χ3n) is 2.63. The lowest BCUT2D eigenvalue weighted by molar-refractivity contribution is 0.384. The third-order valence-corrected chi connectivity index (χ3v) is 2.63. The van der Waals surface area contributed by atoms with E-state index in [1.807, 2.05) is 7.05 Å². The summed E-state index contributed by atoms with van der Waals surface area (Å²) in [6.07, 6.45) is 5.18. The minimum absolute atomic E-state index is 0.774. The van der Waals surface area contributed by atoms with E-state index in [0.717, 1.165) is 12.6 Å². The molecular formula is C10H23N3. The summed E-state index contributed by atoms with van der Waals surface area (Å²) in [5.41, 5.74) is 0.